The Kier molecular flexibility index (Phi) is 9.26. The molecule has 0 spiro atoms. The first-order valence-corrected chi connectivity index (χ1v) is 11.5. The number of rotatable bonds is 10. The quantitative estimate of drug-likeness (QED) is 0.336. The average molecular weight is 507 g/mol. The molecule has 0 saturated heterocycles. The maximum atomic E-state index is 13.8. The Balaban J connectivity index is 2.47. The van der Waals surface area contributed by atoms with E-state index >= 15 is 0 Å². The van der Waals surface area contributed by atoms with Crippen molar-refractivity contribution in [3.8, 4) is 5.75 Å². The first-order chi connectivity index (χ1) is 16.7. The zero-order valence-electron chi connectivity index (χ0n) is 21.1. The van der Waals surface area contributed by atoms with Crippen molar-refractivity contribution >= 4 is 29.8 Å². The number of benzene rings is 1. The Morgan fingerprint density at radius 3 is 2.22 bits per heavy atom. The summed E-state index contributed by atoms with van der Waals surface area (Å²) >= 11 is 0. The molecular weight excluding hydrogens is 472 g/mol. The van der Waals surface area contributed by atoms with Gasteiger partial charge in [0.1, 0.15) is 30.0 Å². The van der Waals surface area contributed by atoms with Crippen LogP contribution in [0, 0.1) is 5.92 Å². The Labute approximate surface area is 209 Å². The monoisotopic (exact) mass is 506 g/mol. The molecule has 2 rings (SSSR count). The molecule has 1 fully saturated rings. The van der Waals surface area contributed by atoms with E-state index in [-0.39, 0.29) is 11.7 Å². The lowest BCUT2D eigenvalue weighted by molar-refractivity contribution is -0.146. The Morgan fingerprint density at radius 1 is 1.17 bits per heavy atom. The molecule has 36 heavy (non-hydrogen) atoms. The minimum Gasteiger partial charge on any atom is -0.508 e. The number of phenolic OH excluding ortho intramolecular Hbond substituents is 1. The summed E-state index contributed by atoms with van der Waals surface area (Å²) < 4.78 is 9.80. The molecule has 4 unspecified atom stereocenters. The highest BCUT2D eigenvalue weighted by Crippen LogP contribution is 2.41. The normalized spacial score (nSPS) is 18.2. The van der Waals surface area contributed by atoms with Crippen LogP contribution in [0.1, 0.15) is 52.1 Å². The maximum Gasteiger partial charge on any atom is 0.408 e. The van der Waals surface area contributed by atoms with Crippen molar-refractivity contribution in [1.29, 1.82) is 0 Å². The molecule has 1 aromatic carbocycles. The van der Waals surface area contributed by atoms with Crippen molar-refractivity contribution < 1.29 is 38.6 Å². The average Bonchev–Trinajstić information content (AvgIpc) is 3.49. The van der Waals surface area contributed by atoms with E-state index < -0.39 is 66.5 Å². The number of alkyl carbamates (subject to hydrolysis) is 1. The maximum absolute atomic E-state index is 13.8. The molecule has 1 aliphatic carbocycles. The van der Waals surface area contributed by atoms with Gasteiger partial charge in [0.05, 0.1) is 13.5 Å². The van der Waals surface area contributed by atoms with Crippen LogP contribution in [0.3, 0.4) is 0 Å². The molecule has 4 atom stereocenters. The number of primary amides is 1. The molecule has 5 N–H and O–H groups in total. The zero-order chi connectivity index (χ0) is 27.2. The highest BCUT2D eigenvalue weighted by Gasteiger charge is 2.48. The fourth-order valence-electron chi connectivity index (χ4n) is 3.63. The summed E-state index contributed by atoms with van der Waals surface area (Å²) in [5, 5.41) is 14.6. The molecular formula is C24H34N4O8. The van der Waals surface area contributed by atoms with Crippen molar-refractivity contribution in [2.45, 2.75) is 64.3 Å². The molecule has 0 bridgehead atoms. The number of esters is 1. The summed E-state index contributed by atoms with van der Waals surface area (Å²) in [7, 11) is 1.17. The first kappa shape index (κ1) is 28.4. The third-order valence-electron chi connectivity index (χ3n) is 5.44. The number of amides is 4. The second-order valence-corrected chi connectivity index (χ2v) is 9.68. The van der Waals surface area contributed by atoms with E-state index in [1.807, 2.05) is 6.92 Å². The smallest absolute Gasteiger partial charge is 0.408 e. The van der Waals surface area contributed by atoms with Gasteiger partial charge in [0.15, 0.2) is 0 Å². The van der Waals surface area contributed by atoms with Gasteiger partial charge in [-0.15, -0.1) is 0 Å². The van der Waals surface area contributed by atoms with Gasteiger partial charge in [0, 0.05) is 6.04 Å². The van der Waals surface area contributed by atoms with Crippen LogP contribution in [0.4, 0.5) is 4.79 Å². The van der Waals surface area contributed by atoms with Crippen molar-refractivity contribution in [1.82, 2.24) is 15.5 Å². The SMILES string of the molecule is COC(=O)CNC(=O)C(c1ccc(O)cc1)N(C(=O)C(CC(N)=O)NC(=O)OC(C)(C)C)C1CC1C. The molecule has 12 nitrogen and oxygen atoms in total. The van der Waals surface area contributed by atoms with Crippen LogP contribution < -0.4 is 16.4 Å². The molecule has 0 radical (unpaired) electrons. The lowest BCUT2D eigenvalue weighted by atomic mass is 10.0. The van der Waals surface area contributed by atoms with E-state index in [1.165, 1.54) is 36.3 Å². The number of carbonyl (C=O) groups excluding carboxylic acids is 5. The molecule has 1 aromatic rings. The minimum absolute atomic E-state index is 0.0257. The standard InChI is InChI=1S/C24H34N4O8/c1-13-10-17(13)28(22(33)16(11-18(25)30)27-23(34)36-24(2,3)4)20(14-6-8-15(29)9-7-14)21(32)26-12-19(31)35-5/h6-9,13,16-17,20,29H,10-12H2,1-5H3,(H2,25,30)(H,26,32)(H,27,34). The Bertz CT molecular complexity index is 989. The van der Waals surface area contributed by atoms with Crippen molar-refractivity contribution in [3.05, 3.63) is 29.8 Å². The second-order valence-electron chi connectivity index (χ2n) is 9.68. The van der Waals surface area contributed by atoms with Crippen LogP contribution in [-0.4, -0.2) is 71.1 Å². The number of aromatic hydroxyl groups is 1. The van der Waals surface area contributed by atoms with Gasteiger partial charge >= 0.3 is 12.1 Å². The van der Waals surface area contributed by atoms with Gasteiger partial charge in [-0.3, -0.25) is 19.2 Å². The predicted octanol–water partition coefficient (Wildman–Crippen LogP) is 0.728. The summed E-state index contributed by atoms with van der Waals surface area (Å²) in [5.41, 5.74) is 4.83. The molecule has 0 aromatic heterocycles. The summed E-state index contributed by atoms with van der Waals surface area (Å²) in [4.78, 5) is 64.2. The third kappa shape index (κ3) is 8.14. The molecule has 1 aliphatic rings. The van der Waals surface area contributed by atoms with E-state index in [2.05, 4.69) is 15.4 Å². The number of carbonyl (C=O) groups is 5. The number of phenols is 1. The predicted molar refractivity (Wildman–Crippen MR) is 127 cm³/mol. The van der Waals surface area contributed by atoms with Gasteiger partial charge in [0.2, 0.25) is 17.7 Å². The summed E-state index contributed by atoms with van der Waals surface area (Å²) in [6.07, 6.45) is -0.885. The number of nitrogens with zero attached hydrogens (tertiary/aromatic N) is 1. The number of ether oxygens (including phenoxy) is 2. The summed E-state index contributed by atoms with van der Waals surface area (Å²) in [6.45, 7) is 6.37. The van der Waals surface area contributed by atoms with E-state index in [0.29, 0.717) is 12.0 Å². The van der Waals surface area contributed by atoms with Crippen molar-refractivity contribution in [2.75, 3.05) is 13.7 Å². The van der Waals surface area contributed by atoms with Gasteiger partial charge in [-0.1, -0.05) is 19.1 Å². The molecule has 1 saturated carbocycles. The van der Waals surface area contributed by atoms with Gasteiger partial charge in [-0.05, 0) is 50.8 Å². The largest absolute Gasteiger partial charge is 0.508 e. The van der Waals surface area contributed by atoms with Gasteiger partial charge in [0.25, 0.3) is 0 Å². The van der Waals surface area contributed by atoms with Crippen molar-refractivity contribution in [2.24, 2.45) is 11.7 Å². The molecule has 4 amide bonds. The molecule has 198 valence electrons. The fraction of sp³-hybridized carbons (Fsp3) is 0.542. The van der Waals surface area contributed by atoms with Crippen molar-refractivity contribution in [3.63, 3.8) is 0 Å². The minimum atomic E-state index is -1.40. The highest BCUT2D eigenvalue weighted by atomic mass is 16.6. The topological polar surface area (TPSA) is 177 Å². The third-order valence-corrected chi connectivity index (χ3v) is 5.44. The van der Waals surface area contributed by atoms with Gasteiger partial charge in [-0.25, -0.2) is 4.79 Å². The van der Waals surface area contributed by atoms with Gasteiger partial charge < -0.3 is 35.8 Å². The summed E-state index contributed by atoms with van der Waals surface area (Å²) in [6, 6.07) is 2.61. The lowest BCUT2D eigenvalue weighted by Gasteiger charge is -2.34. The van der Waals surface area contributed by atoms with Crippen LogP contribution in [0.2, 0.25) is 0 Å². The number of hydrogen-bond donors (Lipinski definition) is 4. The lowest BCUT2D eigenvalue weighted by Crippen LogP contribution is -2.55. The zero-order valence-corrected chi connectivity index (χ0v) is 21.1. The van der Waals surface area contributed by atoms with E-state index in [9.17, 15) is 29.1 Å². The highest BCUT2D eigenvalue weighted by molar-refractivity contribution is 5.95. The Morgan fingerprint density at radius 2 is 1.75 bits per heavy atom. The van der Waals surface area contributed by atoms with Crippen LogP contribution in [-0.2, 0) is 28.7 Å². The van der Waals surface area contributed by atoms with Crippen LogP contribution in [0.5, 0.6) is 5.75 Å². The fourth-order valence-corrected chi connectivity index (χ4v) is 3.63. The van der Waals surface area contributed by atoms with E-state index in [0.717, 1.165) is 0 Å². The van der Waals surface area contributed by atoms with E-state index in [1.54, 1.807) is 20.8 Å². The van der Waals surface area contributed by atoms with Gasteiger partial charge in [-0.2, -0.15) is 0 Å². The number of nitrogens with two attached hydrogens (primary N) is 1. The van der Waals surface area contributed by atoms with Crippen LogP contribution >= 0.6 is 0 Å². The molecule has 0 heterocycles. The summed E-state index contributed by atoms with van der Waals surface area (Å²) in [5.74, 6) is -2.97. The number of hydrogen-bond acceptors (Lipinski definition) is 8. The Hall–Kier alpha value is -3.83. The van der Waals surface area contributed by atoms with Crippen LogP contribution in [0.15, 0.2) is 24.3 Å². The molecule has 0 aliphatic heterocycles. The second kappa shape index (κ2) is 11.7. The first-order valence-electron chi connectivity index (χ1n) is 11.5. The van der Waals surface area contributed by atoms with E-state index in [4.69, 9.17) is 10.5 Å². The van der Waals surface area contributed by atoms with Crippen LogP contribution in [0.25, 0.3) is 0 Å². The number of nitrogens with one attached hydrogen (secondary N) is 2. The molecule has 12 heteroatoms. The number of methoxy groups -OCH3 is 1.